The first-order valence-electron chi connectivity index (χ1n) is 5.53. The minimum Gasteiger partial charge on any atom is -0.382 e. The van der Waals surface area contributed by atoms with Crippen LogP contribution in [0.4, 0.5) is 5.69 Å². The number of hydrogen-bond acceptors (Lipinski definition) is 3. The van der Waals surface area contributed by atoms with Gasteiger partial charge in [0.25, 0.3) is 0 Å². The molecule has 1 aromatic carbocycles. The number of anilines is 1. The number of halogens is 1. The van der Waals surface area contributed by atoms with Crippen LogP contribution in [-0.2, 0) is 4.74 Å². The summed E-state index contributed by atoms with van der Waals surface area (Å²) in [4.78, 5) is 2.31. The maximum Gasteiger partial charge on any atom is 0.0874 e. The highest BCUT2D eigenvalue weighted by atomic mass is 127. The second kappa shape index (κ2) is 5.84. The Labute approximate surface area is 110 Å². The summed E-state index contributed by atoms with van der Waals surface area (Å²) in [5.74, 6) is 0. The summed E-state index contributed by atoms with van der Waals surface area (Å²) >= 11 is 2.31. The number of rotatable bonds is 3. The molecule has 0 amide bonds. The van der Waals surface area contributed by atoms with Crippen molar-refractivity contribution in [3.63, 3.8) is 0 Å². The van der Waals surface area contributed by atoms with Gasteiger partial charge in [-0.25, -0.2) is 0 Å². The number of morpholine rings is 1. The average Bonchev–Trinajstić information content (AvgIpc) is 2.28. The number of ether oxygens (including phenoxy) is 1. The summed E-state index contributed by atoms with van der Waals surface area (Å²) in [6.07, 6.45) is 0.304. The van der Waals surface area contributed by atoms with E-state index in [0.717, 1.165) is 31.9 Å². The van der Waals surface area contributed by atoms with E-state index in [1.807, 2.05) is 0 Å². The third-order valence-corrected chi connectivity index (χ3v) is 3.44. The first-order valence-corrected chi connectivity index (χ1v) is 6.61. The predicted octanol–water partition coefficient (Wildman–Crippen LogP) is 2.03. The highest BCUT2D eigenvalue weighted by molar-refractivity contribution is 14.1. The van der Waals surface area contributed by atoms with Gasteiger partial charge in [0.2, 0.25) is 0 Å². The van der Waals surface area contributed by atoms with Gasteiger partial charge in [0.05, 0.1) is 12.7 Å². The highest BCUT2D eigenvalue weighted by Gasteiger charge is 2.16. The lowest BCUT2D eigenvalue weighted by atomic mass is 10.2. The van der Waals surface area contributed by atoms with Crippen molar-refractivity contribution >= 4 is 28.3 Å². The van der Waals surface area contributed by atoms with Crippen LogP contribution in [0.3, 0.4) is 0 Å². The van der Waals surface area contributed by atoms with E-state index in [2.05, 4.69) is 64.1 Å². The number of nitrogens with zero attached hydrogens (tertiary/aromatic N) is 1. The lowest BCUT2D eigenvalue weighted by molar-refractivity contribution is -0.0117. The summed E-state index contributed by atoms with van der Waals surface area (Å²) in [6, 6.07) is 8.43. The van der Waals surface area contributed by atoms with Crippen LogP contribution < -0.4 is 5.32 Å². The zero-order chi connectivity index (χ0) is 11.4. The monoisotopic (exact) mass is 332 g/mol. The Bertz CT molecular complexity index is 328. The fourth-order valence-electron chi connectivity index (χ4n) is 1.79. The molecule has 1 saturated heterocycles. The van der Waals surface area contributed by atoms with E-state index in [0.29, 0.717) is 6.10 Å². The molecule has 1 aliphatic rings. The van der Waals surface area contributed by atoms with E-state index >= 15 is 0 Å². The van der Waals surface area contributed by atoms with E-state index in [4.69, 9.17) is 4.74 Å². The summed E-state index contributed by atoms with van der Waals surface area (Å²) in [7, 11) is 2.14. The molecule has 0 aliphatic carbocycles. The second-order valence-corrected chi connectivity index (χ2v) is 5.39. The first kappa shape index (κ1) is 12.1. The molecular weight excluding hydrogens is 315 g/mol. The lowest BCUT2D eigenvalue weighted by Gasteiger charge is -2.30. The third-order valence-electron chi connectivity index (χ3n) is 2.72. The molecular formula is C12H17IN2O. The summed E-state index contributed by atoms with van der Waals surface area (Å²) < 4.78 is 6.95. The maximum absolute atomic E-state index is 5.69. The zero-order valence-corrected chi connectivity index (χ0v) is 11.6. The summed E-state index contributed by atoms with van der Waals surface area (Å²) in [6.45, 7) is 3.78. The van der Waals surface area contributed by atoms with Crippen molar-refractivity contribution in [1.29, 1.82) is 0 Å². The molecule has 0 radical (unpaired) electrons. The number of benzene rings is 1. The Morgan fingerprint density at radius 3 is 2.88 bits per heavy atom. The van der Waals surface area contributed by atoms with Crippen LogP contribution >= 0.6 is 22.6 Å². The highest BCUT2D eigenvalue weighted by Crippen LogP contribution is 2.12. The minimum atomic E-state index is 0.304. The van der Waals surface area contributed by atoms with E-state index < -0.39 is 0 Å². The van der Waals surface area contributed by atoms with Gasteiger partial charge in [-0.3, -0.25) is 0 Å². The molecule has 1 atom stereocenters. The Hall–Kier alpha value is -0.330. The average molecular weight is 332 g/mol. The van der Waals surface area contributed by atoms with Gasteiger partial charge < -0.3 is 15.0 Å². The Morgan fingerprint density at radius 2 is 2.19 bits per heavy atom. The van der Waals surface area contributed by atoms with Gasteiger partial charge in [0, 0.05) is 28.9 Å². The molecule has 1 aromatic rings. The topological polar surface area (TPSA) is 24.5 Å². The van der Waals surface area contributed by atoms with E-state index in [1.54, 1.807) is 0 Å². The SMILES string of the molecule is CN1CCOC(CNc2ccc(I)cc2)C1. The Kier molecular flexibility index (Phi) is 4.43. The van der Waals surface area contributed by atoms with Crippen LogP contribution in [0.2, 0.25) is 0 Å². The fraction of sp³-hybridized carbons (Fsp3) is 0.500. The molecule has 16 heavy (non-hydrogen) atoms. The van der Waals surface area contributed by atoms with Crippen molar-refractivity contribution in [1.82, 2.24) is 4.90 Å². The van der Waals surface area contributed by atoms with Crippen LogP contribution in [0.15, 0.2) is 24.3 Å². The maximum atomic E-state index is 5.69. The standard InChI is InChI=1S/C12H17IN2O/c1-15-6-7-16-12(9-15)8-14-11-4-2-10(13)3-5-11/h2-5,12,14H,6-9H2,1H3. The smallest absolute Gasteiger partial charge is 0.0874 e. The Morgan fingerprint density at radius 1 is 1.44 bits per heavy atom. The van der Waals surface area contributed by atoms with E-state index in [-0.39, 0.29) is 0 Å². The predicted molar refractivity (Wildman–Crippen MR) is 74.9 cm³/mol. The molecule has 1 aliphatic heterocycles. The quantitative estimate of drug-likeness (QED) is 0.858. The van der Waals surface area contributed by atoms with Gasteiger partial charge in [0.15, 0.2) is 0 Å². The van der Waals surface area contributed by atoms with Gasteiger partial charge >= 0.3 is 0 Å². The first-order chi connectivity index (χ1) is 7.74. The van der Waals surface area contributed by atoms with Gasteiger partial charge in [-0.05, 0) is 53.9 Å². The number of hydrogen-bond donors (Lipinski definition) is 1. The molecule has 0 spiro atoms. The van der Waals surface area contributed by atoms with Crippen molar-refractivity contribution in [2.45, 2.75) is 6.10 Å². The molecule has 1 fully saturated rings. The molecule has 1 N–H and O–H groups in total. The van der Waals surface area contributed by atoms with Crippen molar-refractivity contribution in [2.75, 3.05) is 38.6 Å². The summed E-state index contributed by atoms with van der Waals surface area (Å²) in [5, 5.41) is 3.41. The Balaban J connectivity index is 1.80. The van der Waals surface area contributed by atoms with Crippen LogP contribution in [0.5, 0.6) is 0 Å². The normalized spacial score (nSPS) is 22.0. The second-order valence-electron chi connectivity index (χ2n) is 4.14. The van der Waals surface area contributed by atoms with Crippen molar-refractivity contribution in [3.8, 4) is 0 Å². The van der Waals surface area contributed by atoms with Crippen molar-refractivity contribution in [3.05, 3.63) is 27.8 Å². The largest absolute Gasteiger partial charge is 0.382 e. The van der Waals surface area contributed by atoms with Gasteiger partial charge in [-0.2, -0.15) is 0 Å². The number of nitrogens with one attached hydrogen (secondary N) is 1. The van der Waals surface area contributed by atoms with E-state index in [9.17, 15) is 0 Å². The molecule has 0 saturated carbocycles. The minimum absolute atomic E-state index is 0.304. The van der Waals surface area contributed by atoms with Crippen molar-refractivity contribution < 1.29 is 4.74 Å². The summed E-state index contributed by atoms with van der Waals surface area (Å²) in [5.41, 5.74) is 1.16. The molecule has 1 unspecified atom stereocenters. The van der Waals surface area contributed by atoms with Crippen LogP contribution in [0.25, 0.3) is 0 Å². The van der Waals surface area contributed by atoms with Gasteiger partial charge in [-0.15, -0.1) is 0 Å². The zero-order valence-electron chi connectivity index (χ0n) is 9.45. The van der Waals surface area contributed by atoms with Crippen LogP contribution in [-0.4, -0.2) is 44.3 Å². The molecule has 0 bridgehead atoms. The third kappa shape index (κ3) is 3.61. The van der Waals surface area contributed by atoms with Gasteiger partial charge in [-0.1, -0.05) is 0 Å². The van der Waals surface area contributed by atoms with Crippen molar-refractivity contribution in [2.24, 2.45) is 0 Å². The molecule has 0 aromatic heterocycles. The van der Waals surface area contributed by atoms with E-state index in [1.165, 1.54) is 3.57 Å². The fourth-order valence-corrected chi connectivity index (χ4v) is 2.15. The lowest BCUT2D eigenvalue weighted by Crippen LogP contribution is -2.43. The molecule has 1 heterocycles. The molecule has 88 valence electrons. The molecule has 3 nitrogen and oxygen atoms in total. The molecule has 2 rings (SSSR count). The van der Waals surface area contributed by atoms with Gasteiger partial charge in [0.1, 0.15) is 0 Å². The molecule has 4 heteroatoms. The van der Waals surface area contributed by atoms with Crippen LogP contribution in [0.1, 0.15) is 0 Å². The number of likely N-dealkylation sites (N-methyl/N-ethyl adjacent to an activating group) is 1. The van der Waals surface area contributed by atoms with Crippen LogP contribution in [0, 0.1) is 3.57 Å².